The first-order valence-electron chi connectivity index (χ1n) is 5.44. The molecule has 2 atom stereocenters. The van der Waals surface area contributed by atoms with Crippen LogP contribution in [0.1, 0.15) is 12.8 Å². The van der Waals surface area contributed by atoms with Gasteiger partial charge in [0.15, 0.2) is 0 Å². The van der Waals surface area contributed by atoms with Gasteiger partial charge in [-0.15, -0.1) is 0 Å². The van der Waals surface area contributed by atoms with Crippen molar-refractivity contribution in [3.8, 4) is 0 Å². The van der Waals surface area contributed by atoms with Gasteiger partial charge in [-0.3, -0.25) is 4.98 Å². The molecule has 15 heavy (non-hydrogen) atoms. The van der Waals surface area contributed by atoms with Crippen LogP contribution in [0.5, 0.6) is 0 Å². The van der Waals surface area contributed by atoms with Crippen LogP contribution in [0, 0.1) is 5.82 Å². The number of rotatable bonds is 1. The van der Waals surface area contributed by atoms with Gasteiger partial charge in [0.1, 0.15) is 5.82 Å². The molecule has 2 bridgehead atoms. The second kappa shape index (κ2) is 3.45. The topological polar surface area (TPSA) is 28.2 Å². The van der Waals surface area contributed by atoms with Crippen LogP contribution in [0.4, 0.5) is 10.1 Å². The van der Waals surface area contributed by atoms with Gasteiger partial charge in [-0.05, 0) is 12.8 Å². The molecule has 2 aliphatic rings. The van der Waals surface area contributed by atoms with Gasteiger partial charge in [-0.1, -0.05) is 0 Å². The maximum absolute atomic E-state index is 13.1. The van der Waals surface area contributed by atoms with Gasteiger partial charge < -0.3 is 10.2 Å². The van der Waals surface area contributed by atoms with E-state index in [-0.39, 0.29) is 5.82 Å². The number of hydrogen-bond donors (Lipinski definition) is 1. The van der Waals surface area contributed by atoms with Crippen LogP contribution < -0.4 is 10.2 Å². The Hall–Kier alpha value is -1.16. The summed E-state index contributed by atoms with van der Waals surface area (Å²) in [6.45, 7) is 2.01. The summed E-state index contributed by atoms with van der Waals surface area (Å²) in [6.07, 6.45) is 5.43. The molecule has 80 valence electrons. The Morgan fingerprint density at radius 2 is 2.00 bits per heavy atom. The predicted octanol–water partition coefficient (Wildman–Crippen LogP) is 1.16. The molecule has 0 spiro atoms. The van der Waals surface area contributed by atoms with Crippen LogP contribution in [0.25, 0.3) is 0 Å². The van der Waals surface area contributed by atoms with Gasteiger partial charge in [0, 0.05) is 31.2 Å². The van der Waals surface area contributed by atoms with E-state index in [9.17, 15) is 4.39 Å². The van der Waals surface area contributed by atoms with E-state index < -0.39 is 0 Å². The van der Waals surface area contributed by atoms with E-state index in [1.54, 1.807) is 12.3 Å². The Kier molecular flexibility index (Phi) is 2.09. The van der Waals surface area contributed by atoms with Crippen molar-refractivity contribution in [2.45, 2.75) is 24.9 Å². The first kappa shape index (κ1) is 9.09. The Labute approximate surface area is 88.3 Å². The number of aromatic nitrogens is 1. The zero-order valence-corrected chi connectivity index (χ0v) is 8.49. The molecule has 4 heteroatoms. The second-order valence-corrected chi connectivity index (χ2v) is 4.31. The summed E-state index contributed by atoms with van der Waals surface area (Å²) in [6, 6.07) is 2.63. The van der Waals surface area contributed by atoms with Gasteiger partial charge in [0.2, 0.25) is 0 Å². The van der Waals surface area contributed by atoms with E-state index in [1.165, 1.54) is 19.0 Å². The SMILES string of the molecule is Fc1cncc(N2C3CCC2CNC3)c1. The van der Waals surface area contributed by atoms with Crippen molar-refractivity contribution in [3.63, 3.8) is 0 Å². The largest absolute Gasteiger partial charge is 0.362 e. The molecule has 0 aromatic carbocycles. The number of fused-ring (bicyclic) bond motifs is 2. The Balaban J connectivity index is 1.93. The number of halogens is 1. The van der Waals surface area contributed by atoms with Crippen LogP contribution >= 0.6 is 0 Å². The number of nitrogens with zero attached hydrogens (tertiary/aromatic N) is 2. The van der Waals surface area contributed by atoms with Crippen LogP contribution in [-0.4, -0.2) is 30.2 Å². The third-order valence-corrected chi connectivity index (χ3v) is 3.37. The van der Waals surface area contributed by atoms with E-state index >= 15 is 0 Å². The van der Waals surface area contributed by atoms with Crippen LogP contribution in [0.3, 0.4) is 0 Å². The van der Waals surface area contributed by atoms with E-state index in [0.717, 1.165) is 18.8 Å². The Morgan fingerprint density at radius 1 is 1.27 bits per heavy atom. The van der Waals surface area contributed by atoms with Crippen molar-refractivity contribution >= 4 is 5.69 Å². The molecular formula is C11H14FN3. The molecule has 0 aliphatic carbocycles. The Bertz CT molecular complexity index is 353. The number of hydrogen-bond acceptors (Lipinski definition) is 3. The van der Waals surface area contributed by atoms with Crippen molar-refractivity contribution in [2.24, 2.45) is 0 Å². The molecule has 0 amide bonds. The van der Waals surface area contributed by atoms with E-state index in [4.69, 9.17) is 0 Å². The molecule has 2 unspecified atom stereocenters. The molecule has 0 saturated carbocycles. The highest BCUT2D eigenvalue weighted by molar-refractivity contribution is 5.48. The molecule has 3 nitrogen and oxygen atoms in total. The van der Waals surface area contributed by atoms with Gasteiger partial charge in [-0.2, -0.15) is 0 Å². The molecular weight excluding hydrogens is 193 g/mol. The van der Waals surface area contributed by atoms with Crippen molar-refractivity contribution in [1.29, 1.82) is 0 Å². The second-order valence-electron chi connectivity index (χ2n) is 4.31. The first-order chi connectivity index (χ1) is 7.34. The third kappa shape index (κ3) is 1.49. The highest BCUT2D eigenvalue weighted by Gasteiger charge is 2.36. The summed E-state index contributed by atoms with van der Waals surface area (Å²) < 4.78 is 13.1. The fraction of sp³-hybridized carbons (Fsp3) is 0.545. The highest BCUT2D eigenvalue weighted by atomic mass is 19.1. The van der Waals surface area contributed by atoms with E-state index in [2.05, 4.69) is 15.2 Å². The third-order valence-electron chi connectivity index (χ3n) is 3.37. The molecule has 1 N–H and O–H groups in total. The monoisotopic (exact) mass is 207 g/mol. The number of anilines is 1. The number of nitrogens with one attached hydrogen (secondary N) is 1. The average Bonchev–Trinajstić information content (AvgIpc) is 2.49. The molecule has 1 aromatic rings. The zero-order chi connectivity index (χ0) is 10.3. The summed E-state index contributed by atoms with van der Waals surface area (Å²) in [5, 5.41) is 3.41. The Morgan fingerprint density at radius 3 is 2.67 bits per heavy atom. The number of piperazine rings is 1. The maximum atomic E-state index is 13.1. The molecule has 0 radical (unpaired) electrons. The fourth-order valence-electron chi connectivity index (χ4n) is 2.74. The van der Waals surface area contributed by atoms with Gasteiger partial charge in [0.05, 0.1) is 18.1 Å². The highest BCUT2D eigenvalue weighted by Crippen LogP contribution is 2.31. The van der Waals surface area contributed by atoms with Crippen molar-refractivity contribution in [2.75, 3.05) is 18.0 Å². The lowest BCUT2D eigenvalue weighted by Gasteiger charge is -2.36. The van der Waals surface area contributed by atoms with Gasteiger partial charge in [0.25, 0.3) is 0 Å². The average molecular weight is 207 g/mol. The predicted molar refractivity (Wildman–Crippen MR) is 56.4 cm³/mol. The molecule has 2 fully saturated rings. The van der Waals surface area contributed by atoms with Crippen molar-refractivity contribution < 1.29 is 4.39 Å². The summed E-state index contributed by atoms with van der Waals surface area (Å²) in [7, 11) is 0. The summed E-state index contributed by atoms with van der Waals surface area (Å²) in [5.41, 5.74) is 0.934. The summed E-state index contributed by atoms with van der Waals surface area (Å²) >= 11 is 0. The standard InChI is InChI=1S/C11H14FN3/c12-8-3-11(7-13-4-8)15-9-1-2-10(15)6-14-5-9/h3-4,7,9-10,14H,1-2,5-6H2. The van der Waals surface area contributed by atoms with Crippen molar-refractivity contribution in [1.82, 2.24) is 10.3 Å². The van der Waals surface area contributed by atoms with Crippen molar-refractivity contribution in [3.05, 3.63) is 24.3 Å². The molecule has 2 aliphatic heterocycles. The lowest BCUT2D eigenvalue weighted by Crippen LogP contribution is -2.52. The van der Waals surface area contributed by atoms with Crippen LogP contribution in [-0.2, 0) is 0 Å². The fourth-order valence-corrected chi connectivity index (χ4v) is 2.74. The molecule has 3 heterocycles. The van der Waals surface area contributed by atoms with Crippen LogP contribution in [0.15, 0.2) is 18.5 Å². The van der Waals surface area contributed by atoms with Gasteiger partial charge in [-0.25, -0.2) is 4.39 Å². The zero-order valence-electron chi connectivity index (χ0n) is 8.49. The molecule has 3 rings (SSSR count). The minimum Gasteiger partial charge on any atom is -0.362 e. The molecule has 1 aromatic heterocycles. The first-order valence-corrected chi connectivity index (χ1v) is 5.44. The maximum Gasteiger partial charge on any atom is 0.143 e. The van der Waals surface area contributed by atoms with Crippen LogP contribution in [0.2, 0.25) is 0 Å². The minimum absolute atomic E-state index is 0.245. The lowest BCUT2D eigenvalue weighted by atomic mass is 10.2. The lowest BCUT2D eigenvalue weighted by molar-refractivity contribution is 0.483. The molecule has 2 saturated heterocycles. The van der Waals surface area contributed by atoms with E-state index in [1.807, 2.05) is 0 Å². The van der Waals surface area contributed by atoms with Gasteiger partial charge >= 0.3 is 0 Å². The summed E-state index contributed by atoms with van der Waals surface area (Å²) in [4.78, 5) is 6.24. The normalized spacial score (nSPS) is 29.5. The number of pyridine rings is 1. The quantitative estimate of drug-likeness (QED) is 0.749. The minimum atomic E-state index is -0.245. The summed E-state index contributed by atoms with van der Waals surface area (Å²) in [5.74, 6) is -0.245. The smallest absolute Gasteiger partial charge is 0.143 e. The van der Waals surface area contributed by atoms with E-state index in [0.29, 0.717) is 12.1 Å².